The van der Waals surface area contributed by atoms with E-state index in [-0.39, 0.29) is 11.9 Å². The van der Waals surface area contributed by atoms with Crippen LogP contribution in [0.1, 0.15) is 40.6 Å². The molecule has 25 heavy (non-hydrogen) atoms. The highest BCUT2D eigenvalue weighted by molar-refractivity contribution is 5.95. The van der Waals surface area contributed by atoms with Gasteiger partial charge in [-0.15, -0.1) is 0 Å². The molecule has 5 nitrogen and oxygen atoms in total. The third-order valence-corrected chi connectivity index (χ3v) is 4.56. The molecule has 0 radical (unpaired) electrons. The van der Waals surface area contributed by atoms with Crippen LogP contribution in [0, 0.1) is 12.8 Å². The molecule has 0 unspecified atom stereocenters. The van der Waals surface area contributed by atoms with Gasteiger partial charge in [-0.25, -0.2) is 0 Å². The van der Waals surface area contributed by atoms with Crippen LogP contribution in [0.15, 0.2) is 54.9 Å². The lowest BCUT2D eigenvalue weighted by Crippen LogP contribution is -2.30. The van der Waals surface area contributed by atoms with Crippen molar-refractivity contribution in [3.05, 3.63) is 71.8 Å². The van der Waals surface area contributed by atoms with Crippen LogP contribution in [0.25, 0.3) is 11.1 Å². The number of carbonyl (C=O) groups is 1. The number of H-pyrrole nitrogens is 1. The van der Waals surface area contributed by atoms with E-state index in [1.165, 1.54) is 0 Å². The minimum atomic E-state index is -0.0643. The molecule has 0 bridgehead atoms. The first-order valence-electron chi connectivity index (χ1n) is 8.54. The summed E-state index contributed by atoms with van der Waals surface area (Å²) in [5.41, 5.74) is 4.50. The fourth-order valence-electron chi connectivity index (χ4n) is 3.07. The van der Waals surface area contributed by atoms with Gasteiger partial charge in [0.2, 0.25) is 0 Å². The van der Waals surface area contributed by atoms with Crippen molar-refractivity contribution in [1.29, 1.82) is 0 Å². The Labute approximate surface area is 146 Å². The molecule has 126 valence electrons. The highest BCUT2D eigenvalue weighted by Gasteiger charge is 2.34. The van der Waals surface area contributed by atoms with Crippen molar-refractivity contribution < 1.29 is 4.79 Å². The Hall–Kier alpha value is -2.95. The van der Waals surface area contributed by atoms with Crippen LogP contribution in [-0.4, -0.2) is 21.1 Å². The number of hydrogen-bond acceptors (Lipinski definition) is 3. The Morgan fingerprint density at radius 3 is 2.76 bits per heavy atom. The molecule has 0 spiro atoms. The Morgan fingerprint density at radius 1 is 1.20 bits per heavy atom. The number of carbonyl (C=O) groups excluding carboxylic acids is 1. The first-order valence-corrected chi connectivity index (χ1v) is 8.54. The first-order chi connectivity index (χ1) is 12.2. The third kappa shape index (κ3) is 3.45. The Bertz CT molecular complexity index is 884. The number of aromatic amines is 1. The molecule has 3 aromatic rings. The summed E-state index contributed by atoms with van der Waals surface area (Å²) in [5, 5.41) is 9.95. The molecule has 5 heteroatoms. The molecule has 1 atom stereocenters. The second kappa shape index (κ2) is 6.51. The number of rotatable bonds is 5. The number of pyridine rings is 1. The predicted octanol–water partition coefficient (Wildman–Crippen LogP) is 3.66. The summed E-state index contributed by atoms with van der Waals surface area (Å²) in [6.07, 6.45) is 5.84. The van der Waals surface area contributed by atoms with Crippen molar-refractivity contribution in [1.82, 2.24) is 20.5 Å². The number of aromatic nitrogens is 3. The largest absolute Gasteiger partial charge is 0.343 e. The quantitative estimate of drug-likeness (QED) is 0.749. The monoisotopic (exact) mass is 332 g/mol. The molecular weight excluding hydrogens is 312 g/mol. The molecule has 2 N–H and O–H groups in total. The maximum absolute atomic E-state index is 12.8. The minimum absolute atomic E-state index is 0.0232. The van der Waals surface area contributed by atoms with E-state index in [0.29, 0.717) is 11.5 Å². The summed E-state index contributed by atoms with van der Waals surface area (Å²) >= 11 is 0. The number of aryl methyl sites for hydroxylation is 1. The van der Waals surface area contributed by atoms with Gasteiger partial charge in [-0.2, -0.15) is 5.10 Å². The van der Waals surface area contributed by atoms with E-state index >= 15 is 0 Å². The van der Waals surface area contributed by atoms with Gasteiger partial charge in [0.1, 0.15) is 0 Å². The van der Waals surface area contributed by atoms with E-state index in [1.807, 2.05) is 55.6 Å². The summed E-state index contributed by atoms with van der Waals surface area (Å²) in [5.74, 6) is 0.417. The van der Waals surface area contributed by atoms with E-state index in [2.05, 4.69) is 20.5 Å². The van der Waals surface area contributed by atoms with Crippen LogP contribution in [0.4, 0.5) is 0 Å². The number of hydrogen-bond donors (Lipinski definition) is 2. The van der Waals surface area contributed by atoms with Gasteiger partial charge in [-0.3, -0.25) is 14.9 Å². The van der Waals surface area contributed by atoms with Gasteiger partial charge >= 0.3 is 0 Å². The average molecular weight is 332 g/mol. The van der Waals surface area contributed by atoms with E-state index in [1.54, 1.807) is 6.20 Å². The highest BCUT2D eigenvalue weighted by Crippen LogP contribution is 2.40. The Kier molecular flexibility index (Phi) is 4.06. The van der Waals surface area contributed by atoms with Gasteiger partial charge in [-0.1, -0.05) is 18.2 Å². The minimum Gasteiger partial charge on any atom is -0.343 e. The van der Waals surface area contributed by atoms with Gasteiger partial charge in [0.05, 0.1) is 17.9 Å². The number of nitrogens with zero attached hydrogens (tertiary/aromatic N) is 2. The third-order valence-electron chi connectivity index (χ3n) is 4.56. The number of benzene rings is 1. The second-order valence-electron chi connectivity index (χ2n) is 6.56. The van der Waals surface area contributed by atoms with Gasteiger partial charge in [0.25, 0.3) is 5.91 Å². The second-order valence-corrected chi connectivity index (χ2v) is 6.56. The molecule has 0 aliphatic heterocycles. The van der Waals surface area contributed by atoms with Gasteiger partial charge in [0, 0.05) is 23.0 Å². The van der Waals surface area contributed by atoms with Crippen LogP contribution in [0.3, 0.4) is 0 Å². The standard InChI is InChI=1S/C20H20N4O/c1-13-4-2-7-18(23-13)19(14-8-9-14)24-20(25)16-6-3-5-15(10-16)17-11-21-22-12-17/h2-7,10-12,14,19H,8-9H2,1H3,(H,21,22)(H,24,25)/t19-/m1/s1. The van der Waals surface area contributed by atoms with Crippen LogP contribution < -0.4 is 5.32 Å². The van der Waals surface area contributed by atoms with Crippen molar-refractivity contribution in [2.75, 3.05) is 0 Å². The number of amides is 1. The molecule has 1 saturated carbocycles. The SMILES string of the molecule is Cc1cccc([C@H](NC(=O)c2cccc(-c3cn[nH]c3)c2)C2CC2)n1. The van der Waals surface area contributed by atoms with Crippen LogP contribution in [0.5, 0.6) is 0 Å². The molecule has 4 rings (SSSR count). The zero-order chi connectivity index (χ0) is 17.2. The van der Waals surface area contributed by atoms with Crippen molar-refractivity contribution >= 4 is 5.91 Å². The fourth-order valence-corrected chi connectivity index (χ4v) is 3.07. The maximum atomic E-state index is 12.8. The van der Waals surface area contributed by atoms with E-state index in [9.17, 15) is 4.79 Å². The number of nitrogens with one attached hydrogen (secondary N) is 2. The van der Waals surface area contributed by atoms with Gasteiger partial charge < -0.3 is 5.32 Å². The topological polar surface area (TPSA) is 70.7 Å². The zero-order valence-electron chi connectivity index (χ0n) is 14.1. The lowest BCUT2D eigenvalue weighted by atomic mass is 10.0. The fraction of sp³-hybridized carbons (Fsp3) is 0.250. The molecule has 0 saturated heterocycles. The van der Waals surface area contributed by atoms with E-state index < -0.39 is 0 Å². The Balaban J connectivity index is 1.57. The van der Waals surface area contributed by atoms with Gasteiger partial charge in [-0.05, 0) is 55.5 Å². The van der Waals surface area contributed by atoms with Crippen molar-refractivity contribution in [3.63, 3.8) is 0 Å². The predicted molar refractivity (Wildman–Crippen MR) is 95.9 cm³/mol. The molecule has 1 aliphatic rings. The van der Waals surface area contributed by atoms with Crippen LogP contribution in [0.2, 0.25) is 0 Å². The molecule has 1 aromatic carbocycles. The molecule has 1 aliphatic carbocycles. The van der Waals surface area contributed by atoms with Crippen LogP contribution >= 0.6 is 0 Å². The summed E-state index contributed by atoms with van der Waals surface area (Å²) in [6.45, 7) is 1.98. The molecule has 1 fully saturated rings. The van der Waals surface area contributed by atoms with Crippen molar-refractivity contribution in [2.45, 2.75) is 25.8 Å². The van der Waals surface area contributed by atoms with E-state index in [4.69, 9.17) is 0 Å². The zero-order valence-corrected chi connectivity index (χ0v) is 14.1. The molecular formula is C20H20N4O. The van der Waals surface area contributed by atoms with Crippen molar-refractivity contribution in [3.8, 4) is 11.1 Å². The highest BCUT2D eigenvalue weighted by atomic mass is 16.1. The Morgan fingerprint density at radius 2 is 2.04 bits per heavy atom. The smallest absolute Gasteiger partial charge is 0.251 e. The summed E-state index contributed by atoms with van der Waals surface area (Å²) in [4.78, 5) is 17.4. The van der Waals surface area contributed by atoms with Crippen LogP contribution in [-0.2, 0) is 0 Å². The van der Waals surface area contributed by atoms with Gasteiger partial charge in [0.15, 0.2) is 0 Å². The average Bonchev–Trinajstić information content (AvgIpc) is 3.32. The van der Waals surface area contributed by atoms with Crippen molar-refractivity contribution in [2.24, 2.45) is 5.92 Å². The lowest BCUT2D eigenvalue weighted by molar-refractivity contribution is 0.0930. The molecule has 2 aromatic heterocycles. The summed E-state index contributed by atoms with van der Waals surface area (Å²) in [7, 11) is 0. The van der Waals surface area contributed by atoms with E-state index in [0.717, 1.165) is 35.4 Å². The molecule has 1 amide bonds. The lowest BCUT2D eigenvalue weighted by Gasteiger charge is -2.18. The summed E-state index contributed by atoms with van der Waals surface area (Å²) < 4.78 is 0. The first kappa shape index (κ1) is 15.6. The molecule has 2 heterocycles. The maximum Gasteiger partial charge on any atom is 0.251 e. The normalized spacial score (nSPS) is 14.9. The summed E-state index contributed by atoms with van der Waals surface area (Å²) in [6, 6.07) is 13.6.